The molecule has 3 heterocycles. The predicted molar refractivity (Wildman–Crippen MR) is 117 cm³/mol. The zero-order valence-corrected chi connectivity index (χ0v) is 18.4. The number of nitrogens with zero attached hydrogens (tertiary/aromatic N) is 4. The van der Waals surface area contributed by atoms with E-state index >= 15 is 0 Å². The van der Waals surface area contributed by atoms with Crippen LogP contribution in [-0.2, 0) is 17.6 Å². The SMILES string of the molecule is Cc1ccc(-c2nn(C(C)C)c3c2CCc2nc(NC(=O)CC(C)C)sc2-3)cn1. The van der Waals surface area contributed by atoms with E-state index in [1.807, 2.05) is 33.0 Å². The van der Waals surface area contributed by atoms with Gasteiger partial charge in [-0.25, -0.2) is 4.98 Å². The molecule has 0 aliphatic heterocycles. The van der Waals surface area contributed by atoms with Crippen molar-refractivity contribution in [2.24, 2.45) is 5.92 Å². The highest BCUT2D eigenvalue weighted by Gasteiger charge is 2.30. The summed E-state index contributed by atoms with van der Waals surface area (Å²) in [5, 5.41) is 8.64. The van der Waals surface area contributed by atoms with Gasteiger partial charge in [-0.1, -0.05) is 25.2 Å². The lowest BCUT2D eigenvalue weighted by Crippen LogP contribution is -2.13. The molecule has 3 aromatic heterocycles. The van der Waals surface area contributed by atoms with Crippen LogP contribution in [0.25, 0.3) is 21.8 Å². The highest BCUT2D eigenvalue weighted by molar-refractivity contribution is 7.19. The van der Waals surface area contributed by atoms with Crippen LogP contribution < -0.4 is 5.32 Å². The van der Waals surface area contributed by atoms with E-state index in [9.17, 15) is 4.79 Å². The fourth-order valence-electron chi connectivity index (χ4n) is 3.70. The van der Waals surface area contributed by atoms with E-state index in [4.69, 9.17) is 10.1 Å². The number of aromatic nitrogens is 4. The second-order valence-corrected chi connectivity index (χ2v) is 9.34. The minimum atomic E-state index is 0.0232. The van der Waals surface area contributed by atoms with Gasteiger partial charge in [-0.3, -0.25) is 14.5 Å². The maximum atomic E-state index is 12.2. The highest BCUT2D eigenvalue weighted by atomic mass is 32.1. The molecule has 1 aliphatic carbocycles. The molecule has 0 radical (unpaired) electrons. The van der Waals surface area contributed by atoms with Gasteiger partial charge in [0.05, 0.1) is 22.0 Å². The Morgan fingerprint density at radius 2 is 2.03 bits per heavy atom. The summed E-state index contributed by atoms with van der Waals surface area (Å²) in [4.78, 5) is 22.5. The van der Waals surface area contributed by atoms with Gasteiger partial charge in [-0.05, 0) is 51.7 Å². The number of hydrogen-bond donors (Lipinski definition) is 1. The Morgan fingerprint density at radius 1 is 1.24 bits per heavy atom. The molecule has 4 rings (SSSR count). The van der Waals surface area contributed by atoms with Crippen LogP contribution in [0.2, 0.25) is 0 Å². The van der Waals surface area contributed by atoms with Crippen LogP contribution in [0.4, 0.5) is 5.13 Å². The fraction of sp³-hybridized carbons (Fsp3) is 0.455. The third-order valence-electron chi connectivity index (χ3n) is 5.05. The second-order valence-electron chi connectivity index (χ2n) is 8.34. The molecule has 7 heteroatoms. The number of aryl methyl sites for hydroxylation is 2. The molecule has 0 bridgehead atoms. The Balaban J connectivity index is 1.76. The number of amides is 1. The molecular formula is C22H27N5OS. The summed E-state index contributed by atoms with van der Waals surface area (Å²) in [5.41, 5.74) is 6.49. The lowest BCUT2D eigenvalue weighted by atomic mass is 9.95. The molecule has 0 spiro atoms. The van der Waals surface area contributed by atoms with Gasteiger partial charge in [0.15, 0.2) is 5.13 Å². The Morgan fingerprint density at radius 3 is 2.69 bits per heavy atom. The largest absolute Gasteiger partial charge is 0.302 e. The molecule has 0 fully saturated rings. The van der Waals surface area contributed by atoms with Gasteiger partial charge in [-0.2, -0.15) is 5.10 Å². The molecule has 1 aliphatic rings. The minimum absolute atomic E-state index is 0.0232. The topological polar surface area (TPSA) is 72.7 Å². The van der Waals surface area contributed by atoms with Gasteiger partial charge >= 0.3 is 0 Å². The third kappa shape index (κ3) is 3.83. The summed E-state index contributed by atoms with van der Waals surface area (Å²) < 4.78 is 2.10. The number of rotatable bonds is 5. The van der Waals surface area contributed by atoms with Crippen LogP contribution in [0.5, 0.6) is 0 Å². The van der Waals surface area contributed by atoms with Gasteiger partial charge in [0.1, 0.15) is 0 Å². The van der Waals surface area contributed by atoms with Gasteiger partial charge in [0.25, 0.3) is 0 Å². The van der Waals surface area contributed by atoms with Crippen molar-refractivity contribution in [3.8, 4) is 21.8 Å². The Bertz CT molecular complexity index is 1050. The van der Waals surface area contributed by atoms with Crippen LogP contribution in [-0.4, -0.2) is 25.7 Å². The van der Waals surface area contributed by atoms with E-state index in [-0.39, 0.29) is 11.9 Å². The molecular weight excluding hydrogens is 382 g/mol. The van der Waals surface area contributed by atoms with Gasteiger partial charge in [-0.15, -0.1) is 0 Å². The molecule has 0 aromatic carbocycles. The smallest absolute Gasteiger partial charge is 0.226 e. The van der Waals surface area contributed by atoms with Gasteiger partial charge < -0.3 is 5.32 Å². The minimum Gasteiger partial charge on any atom is -0.302 e. The Hall–Kier alpha value is -2.54. The summed E-state index contributed by atoms with van der Waals surface area (Å²) in [6.45, 7) is 10.4. The Kier molecular flexibility index (Phi) is 5.25. The number of hydrogen-bond acceptors (Lipinski definition) is 5. The van der Waals surface area contributed by atoms with Crippen molar-refractivity contribution in [2.45, 2.75) is 59.9 Å². The van der Waals surface area contributed by atoms with Crippen molar-refractivity contribution in [3.05, 3.63) is 35.3 Å². The average Bonchev–Trinajstić information content (AvgIpc) is 3.22. The molecule has 29 heavy (non-hydrogen) atoms. The zero-order chi connectivity index (χ0) is 20.7. The zero-order valence-electron chi connectivity index (χ0n) is 17.6. The molecule has 1 N–H and O–H groups in total. The number of carbonyl (C=O) groups excluding carboxylic acids is 1. The molecule has 1 amide bonds. The molecule has 6 nitrogen and oxygen atoms in total. The second kappa shape index (κ2) is 7.71. The summed E-state index contributed by atoms with van der Waals surface area (Å²) in [7, 11) is 0. The molecule has 3 aromatic rings. The van der Waals surface area contributed by atoms with Gasteiger partial charge in [0.2, 0.25) is 5.91 Å². The van der Waals surface area contributed by atoms with Crippen LogP contribution >= 0.6 is 11.3 Å². The number of thiazole rings is 1. The quantitative estimate of drug-likeness (QED) is 0.641. The summed E-state index contributed by atoms with van der Waals surface area (Å²) in [6.07, 6.45) is 4.16. The number of nitrogens with one attached hydrogen (secondary N) is 1. The van der Waals surface area contributed by atoms with Crippen LogP contribution in [0.15, 0.2) is 18.3 Å². The molecule has 0 atom stereocenters. The van der Waals surface area contributed by atoms with Crippen molar-refractivity contribution in [3.63, 3.8) is 0 Å². The van der Waals surface area contributed by atoms with E-state index in [1.54, 1.807) is 11.3 Å². The summed E-state index contributed by atoms with van der Waals surface area (Å²) in [6, 6.07) is 4.34. The lowest BCUT2D eigenvalue weighted by Gasteiger charge is -2.15. The molecule has 0 saturated carbocycles. The summed E-state index contributed by atoms with van der Waals surface area (Å²) >= 11 is 1.56. The lowest BCUT2D eigenvalue weighted by molar-refractivity contribution is -0.116. The van der Waals surface area contributed by atoms with Crippen molar-refractivity contribution in [2.75, 3.05) is 5.32 Å². The van der Waals surface area contributed by atoms with Crippen molar-refractivity contribution >= 4 is 22.4 Å². The van der Waals surface area contributed by atoms with E-state index in [2.05, 4.69) is 34.9 Å². The first-order chi connectivity index (χ1) is 13.8. The van der Waals surface area contributed by atoms with Crippen LogP contribution in [0, 0.1) is 12.8 Å². The van der Waals surface area contributed by atoms with Crippen molar-refractivity contribution < 1.29 is 4.79 Å². The highest BCUT2D eigenvalue weighted by Crippen LogP contribution is 2.44. The standard InChI is InChI=1S/C22H27N5OS/c1-12(2)10-18(28)25-22-24-17-9-8-16-19(15-7-6-14(5)23-11-15)26-27(13(3)4)20(16)21(17)29-22/h6-7,11-13H,8-10H2,1-5H3,(H,24,25,28). The average molecular weight is 410 g/mol. The first-order valence-electron chi connectivity index (χ1n) is 10.2. The number of fused-ring (bicyclic) bond motifs is 3. The maximum absolute atomic E-state index is 12.2. The van der Waals surface area contributed by atoms with E-state index in [0.717, 1.165) is 46.1 Å². The fourth-order valence-corrected chi connectivity index (χ4v) is 4.80. The van der Waals surface area contributed by atoms with E-state index in [1.165, 1.54) is 5.56 Å². The van der Waals surface area contributed by atoms with Crippen LogP contribution in [0.1, 0.15) is 57.1 Å². The monoisotopic (exact) mass is 409 g/mol. The predicted octanol–water partition coefficient (Wildman–Crippen LogP) is 5.04. The molecule has 0 unspecified atom stereocenters. The first-order valence-corrected chi connectivity index (χ1v) is 11.0. The third-order valence-corrected chi connectivity index (χ3v) is 6.07. The summed E-state index contributed by atoms with van der Waals surface area (Å²) in [5.74, 6) is 0.347. The molecule has 152 valence electrons. The number of carbonyl (C=O) groups is 1. The normalized spacial score (nSPS) is 12.9. The van der Waals surface area contributed by atoms with E-state index in [0.29, 0.717) is 17.5 Å². The van der Waals surface area contributed by atoms with Crippen LogP contribution in [0.3, 0.4) is 0 Å². The number of anilines is 1. The molecule has 0 saturated heterocycles. The van der Waals surface area contributed by atoms with Crippen molar-refractivity contribution in [1.82, 2.24) is 19.7 Å². The van der Waals surface area contributed by atoms with Gasteiger partial charge in [0, 0.05) is 35.5 Å². The Labute approximate surface area is 175 Å². The number of pyridine rings is 1. The maximum Gasteiger partial charge on any atom is 0.226 e. The van der Waals surface area contributed by atoms with Crippen molar-refractivity contribution in [1.29, 1.82) is 0 Å². The first kappa shape index (κ1) is 19.8. The van der Waals surface area contributed by atoms with E-state index < -0.39 is 0 Å².